The molecule has 0 unspecified atom stereocenters. The van der Waals surface area contributed by atoms with Crippen LogP contribution in [0.1, 0.15) is 5.56 Å². The molecule has 0 fully saturated rings. The van der Waals surface area contributed by atoms with Gasteiger partial charge in [-0.1, -0.05) is 169 Å². The number of hydrogen-bond acceptors (Lipinski definition) is 4. The van der Waals surface area contributed by atoms with Crippen molar-refractivity contribution < 1.29 is 0 Å². The zero-order chi connectivity index (χ0) is 51.5. The van der Waals surface area contributed by atoms with E-state index in [0.29, 0.717) is 0 Å². The zero-order valence-corrected chi connectivity index (χ0v) is 42.7. The molecule has 13 heterocycles. The summed E-state index contributed by atoms with van der Waals surface area (Å²) < 4.78 is 0. The first-order valence-electron chi connectivity index (χ1n) is 26.3. The van der Waals surface area contributed by atoms with Gasteiger partial charge in [-0.15, -0.1) is 0 Å². The Morgan fingerprint density at radius 2 is 0.273 bits per heavy atom. The van der Waals surface area contributed by atoms with Crippen LogP contribution in [0.15, 0.2) is 309 Å². The molecular formula is C73H54N4. The van der Waals surface area contributed by atoms with E-state index < -0.39 is 0 Å². The van der Waals surface area contributed by atoms with E-state index in [9.17, 15) is 0 Å². The van der Waals surface area contributed by atoms with Crippen LogP contribution >= 0.6 is 0 Å². The fourth-order valence-corrected chi connectivity index (χ4v) is 10.6. The summed E-state index contributed by atoms with van der Waals surface area (Å²) in [5.74, 6) is 0. The molecule has 16 bridgehead atoms. The van der Waals surface area contributed by atoms with Crippen LogP contribution in [-0.2, 0) is 0 Å². The lowest BCUT2D eigenvalue weighted by atomic mass is 10.0. The standard InChI is InChI=1S/C73H54N4/c1-53-17-35-65(36-18-53)77-72-49-31-60(32-50-72)58-27-45-70(46-28-58)75(63-13-7-3-8-14-63)68-41-23-56(24-42-68)54-19-37-66(38-20-54)74(62-11-5-2-6-12-62)67-39-21-55(22-40-67)57-25-43-69(44-26-57)76(64-15-9-4-10-16-64)71-47-29-59(30-48-71)61-33-51-73(77)52-34-61/h2-52H,1H3. The quantitative estimate of drug-likeness (QED) is 0.174. The van der Waals surface area contributed by atoms with E-state index >= 15 is 0 Å². The second-order valence-corrected chi connectivity index (χ2v) is 19.6. The van der Waals surface area contributed by atoms with Gasteiger partial charge in [0.25, 0.3) is 0 Å². The second-order valence-electron chi connectivity index (χ2n) is 19.6. The molecule has 0 saturated heterocycles. The van der Waals surface area contributed by atoms with E-state index in [1.165, 1.54) is 5.56 Å². The van der Waals surface area contributed by atoms with Crippen LogP contribution in [0.25, 0.3) is 44.5 Å². The molecule has 12 aromatic carbocycles. The first-order chi connectivity index (χ1) is 38.1. The Bertz CT molecular complexity index is 3660. The minimum absolute atomic E-state index is 1.09. The SMILES string of the molecule is Cc1ccc(N2c3ccc(cc3)-c3ccc(cc3)N(c3ccccc3)c3ccc(cc3)-c3ccc(cc3)N(c3ccccc3)c3ccc(cc3)-c3ccc(cc3)N(c3ccccc3)c3ccc(cc3)-c3ccc2cc3)cc1. The number of rotatable bonds is 4. The van der Waals surface area contributed by atoms with E-state index in [0.717, 1.165) is 113 Å². The van der Waals surface area contributed by atoms with Crippen molar-refractivity contribution in [1.29, 1.82) is 0 Å². The normalized spacial score (nSPS) is 12.1. The predicted octanol–water partition coefficient (Wildman–Crippen LogP) is 20.9. The molecular weight excluding hydrogens is 933 g/mol. The van der Waals surface area contributed by atoms with Crippen LogP contribution in [0.2, 0.25) is 0 Å². The summed E-state index contributed by atoms with van der Waals surface area (Å²) in [5.41, 5.74) is 23.5. The molecule has 0 radical (unpaired) electrons. The van der Waals surface area contributed by atoms with Gasteiger partial charge < -0.3 is 19.6 Å². The molecule has 13 aliphatic heterocycles. The topological polar surface area (TPSA) is 13.0 Å². The molecule has 366 valence electrons. The first kappa shape index (κ1) is 46.6. The summed E-state index contributed by atoms with van der Waals surface area (Å²) in [6.45, 7) is 2.14. The molecule has 0 atom stereocenters. The Hall–Kier alpha value is -10.2. The largest absolute Gasteiger partial charge is 0.311 e. The number of para-hydroxylation sites is 3. The van der Waals surface area contributed by atoms with Crippen LogP contribution in [0.4, 0.5) is 68.2 Å². The van der Waals surface area contributed by atoms with Crippen molar-refractivity contribution in [2.24, 2.45) is 0 Å². The van der Waals surface area contributed by atoms with Crippen molar-refractivity contribution in [2.45, 2.75) is 6.92 Å². The summed E-state index contributed by atoms with van der Waals surface area (Å²) >= 11 is 0. The summed E-state index contributed by atoms with van der Waals surface area (Å²) in [5, 5.41) is 0. The lowest BCUT2D eigenvalue weighted by Crippen LogP contribution is -2.10. The smallest absolute Gasteiger partial charge is 0.0462 e. The van der Waals surface area contributed by atoms with Gasteiger partial charge >= 0.3 is 0 Å². The van der Waals surface area contributed by atoms with Gasteiger partial charge in [0, 0.05) is 68.2 Å². The minimum Gasteiger partial charge on any atom is -0.311 e. The van der Waals surface area contributed by atoms with Crippen molar-refractivity contribution in [2.75, 3.05) is 19.6 Å². The third kappa shape index (κ3) is 9.53. The third-order valence-electron chi connectivity index (χ3n) is 14.7. The van der Waals surface area contributed by atoms with Gasteiger partial charge in [-0.05, 0) is 197 Å². The van der Waals surface area contributed by atoms with Gasteiger partial charge in [-0.3, -0.25) is 0 Å². The highest BCUT2D eigenvalue weighted by Crippen LogP contribution is 2.42. The molecule has 4 nitrogen and oxygen atoms in total. The molecule has 12 aromatic rings. The van der Waals surface area contributed by atoms with Crippen LogP contribution < -0.4 is 19.6 Å². The molecule has 0 saturated carbocycles. The maximum atomic E-state index is 2.34. The molecule has 0 amide bonds. The van der Waals surface area contributed by atoms with Gasteiger partial charge in [0.2, 0.25) is 0 Å². The van der Waals surface area contributed by atoms with E-state index in [1.54, 1.807) is 0 Å². The van der Waals surface area contributed by atoms with E-state index in [2.05, 4.69) is 336 Å². The summed E-state index contributed by atoms with van der Waals surface area (Å²) in [4.78, 5) is 9.31. The van der Waals surface area contributed by atoms with Crippen molar-refractivity contribution in [3.63, 3.8) is 0 Å². The van der Waals surface area contributed by atoms with Gasteiger partial charge in [0.1, 0.15) is 0 Å². The number of nitrogens with zero attached hydrogens (tertiary/aromatic N) is 4. The van der Waals surface area contributed by atoms with Crippen LogP contribution in [0.3, 0.4) is 0 Å². The van der Waals surface area contributed by atoms with Crippen molar-refractivity contribution in [3.8, 4) is 44.5 Å². The molecule has 77 heavy (non-hydrogen) atoms. The fraction of sp³-hybridized carbons (Fsp3) is 0.0137. The average molecular weight is 987 g/mol. The molecule has 0 N–H and O–H groups in total. The molecule has 25 rings (SSSR count). The lowest BCUT2D eigenvalue weighted by molar-refractivity contribution is 1.27. The third-order valence-corrected chi connectivity index (χ3v) is 14.7. The number of anilines is 12. The Labute approximate surface area is 451 Å². The minimum atomic E-state index is 1.09. The monoisotopic (exact) mass is 986 g/mol. The highest BCUT2D eigenvalue weighted by atomic mass is 15.2. The number of aryl methyl sites for hydroxylation is 1. The van der Waals surface area contributed by atoms with Gasteiger partial charge in [0.15, 0.2) is 0 Å². The Balaban J connectivity index is 0.903. The highest BCUT2D eigenvalue weighted by molar-refractivity contribution is 5.85. The van der Waals surface area contributed by atoms with Crippen molar-refractivity contribution in [3.05, 3.63) is 315 Å². The van der Waals surface area contributed by atoms with E-state index in [4.69, 9.17) is 0 Å². The maximum absolute atomic E-state index is 2.34. The molecule has 4 heteroatoms. The van der Waals surface area contributed by atoms with Gasteiger partial charge in [0.05, 0.1) is 0 Å². The Morgan fingerprint density at radius 3 is 0.429 bits per heavy atom. The molecule has 0 aliphatic carbocycles. The fourth-order valence-electron chi connectivity index (χ4n) is 10.6. The van der Waals surface area contributed by atoms with Crippen LogP contribution in [-0.4, -0.2) is 0 Å². The summed E-state index contributed by atoms with van der Waals surface area (Å²) in [6.07, 6.45) is 0. The maximum Gasteiger partial charge on any atom is 0.0462 e. The predicted molar refractivity (Wildman–Crippen MR) is 325 cm³/mol. The van der Waals surface area contributed by atoms with Crippen LogP contribution in [0.5, 0.6) is 0 Å². The number of hydrogen-bond donors (Lipinski definition) is 0. The highest BCUT2D eigenvalue weighted by Gasteiger charge is 2.19. The van der Waals surface area contributed by atoms with Crippen LogP contribution in [0, 0.1) is 6.92 Å². The molecule has 13 aliphatic rings. The number of benzene rings is 12. The van der Waals surface area contributed by atoms with E-state index in [-0.39, 0.29) is 0 Å². The van der Waals surface area contributed by atoms with Gasteiger partial charge in [-0.2, -0.15) is 0 Å². The van der Waals surface area contributed by atoms with Crippen molar-refractivity contribution in [1.82, 2.24) is 0 Å². The molecule has 0 spiro atoms. The van der Waals surface area contributed by atoms with Crippen molar-refractivity contribution >= 4 is 68.2 Å². The van der Waals surface area contributed by atoms with Gasteiger partial charge in [-0.25, -0.2) is 0 Å². The van der Waals surface area contributed by atoms with E-state index in [1.807, 2.05) is 0 Å². The lowest BCUT2D eigenvalue weighted by Gasteiger charge is -2.27. The molecule has 0 aromatic heterocycles. The first-order valence-corrected chi connectivity index (χ1v) is 26.3. The average Bonchev–Trinajstić information content (AvgIpc) is 3.51. The summed E-state index contributed by atoms with van der Waals surface area (Å²) in [6, 6.07) is 112. The summed E-state index contributed by atoms with van der Waals surface area (Å²) in [7, 11) is 0. The zero-order valence-electron chi connectivity index (χ0n) is 42.7. The second kappa shape index (κ2) is 20.6. The Kier molecular flexibility index (Phi) is 12.5. The Morgan fingerprint density at radius 1 is 0.143 bits per heavy atom.